The molecule has 3 amide bonds. The fourth-order valence-corrected chi connectivity index (χ4v) is 3.36. The number of urea groups is 1. The molecule has 2 aromatic carbocycles. The number of carbonyl (C=O) groups excluding carboxylic acids is 2. The second-order valence-corrected chi connectivity index (χ2v) is 6.94. The summed E-state index contributed by atoms with van der Waals surface area (Å²) >= 11 is 5.92. The molecule has 0 bridgehead atoms. The van der Waals surface area contributed by atoms with E-state index in [2.05, 4.69) is 23.5 Å². The molecule has 0 saturated heterocycles. The highest BCUT2D eigenvalue weighted by Crippen LogP contribution is 2.24. The quantitative estimate of drug-likeness (QED) is 0.824. The number of rotatable bonds is 5. The van der Waals surface area contributed by atoms with Gasteiger partial charge in [0.1, 0.15) is 0 Å². The number of amides is 3. The van der Waals surface area contributed by atoms with Gasteiger partial charge in [-0.3, -0.25) is 4.79 Å². The summed E-state index contributed by atoms with van der Waals surface area (Å²) in [7, 11) is 0. The van der Waals surface area contributed by atoms with Crippen LogP contribution >= 0.6 is 11.6 Å². The van der Waals surface area contributed by atoms with Gasteiger partial charge in [-0.25, -0.2) is 4.79 Å². The molecular weight excluding hydrogens is 362 g/mol. The van der Waals surface area contributed by atoms with E-state index in [0.717, 1.165) is 12.0 Å². The van der Waals surface area contributed by atoms with Crippen molar-refractivity contribution in [1.29, 1.82) is 0 Å². The van der Waals surface area contributed by atoms with Crippen molar-refractivity contribution in [3.63, 3.8) is 0 Å². The summed E-state index contributed by atoms with van der Waals surface area (Å²) in [4.78, 5) is 25.9. The number of primary amides is 1. The van der Waals surface area contributed by atoms with Gasteiger partial charge >= 0.3 is 6.03 Å². The highest BCUT2D eigenvalue weighted by atomic mass is 35.5. The van der Waals surface area contributed by atoms with Crippen LogP contribution < -0.4 is 11.1 Å². The number of benzene rings is 2. The molecule has 1 atom stereocenters. The number of halogens is 1. The zero-order chi connectivity index (χ0) is 19.2. The average Bonchev–Trinajstić information content (AvgIpc) is 2.68. The lowest BCUT2D eigenvalue weighted by molar-refractivity contribution is -0.131. The van der Waals surface area contributed by atoms with Gasteiger partial charge in [0.25, 0.3) is 0 Å². The molecule has 0 fully saturated rings. The van der Waals surface area contributed by atoms with E-state index in [-0.39, 0.29) is 12.3 Å². The summed E-state index contributed by atoms with van der Waals surface area (Å²) in [6.45, 7) is 1.22. The Balaban J connectivity index is 1.66. The molecule has 0 unspecified atom stereocenters. The lowest BCUT2D eigenvalue weighted by Gasteiger charge is -2.28. The van der Waals surface area contributed by atoms with Crippen molar-refractivity contribution in [2.75, 3.05) is 13.1 Å². The number of hydrogen-bond donors (Lipinski definition) is 2. The van der Waals surface area contributed by atoms with E-state index in [1.807, 2.05) is 18.2 Å². The molecular formula is C21H22ClN3O2. The number of nitrogens with two attached hydrogens (primary N) is 1. The molecule has 0 aromatic heterocycles. The standard InChI is InChI=1S/C21H22ClN3O2/c22-18-8-6-17(7-9-18)19(24-21(23)27)14-20(26)25-12-10-16(11-13-25)15-4-2-1-3-5-15/h1-10,19H,11-14H2,(H3,23,24,27)/t19-/m1/s1. The maximum atomic E-state index is 12.8. The molecule has 1 aliphatic heterocycles. The first-order valence-corrected chi connectivity index (χ1v) is 9.24. The molecule has 3 N–H and O–H groups in total. The van der Waals surface area contributed by atoms with Crippen molar-refractivity contribution in [2.24, 2.45) is 5.73 Å². The minimum atomic E-state index is -0.660. The van der Waals surface area contributed by atoms with Crippen LogP contribution in [0, 0.1) is 0 Å². The van der Waals surface area contributed by atoms with Gasteiger partial charge in [-0.1, -0.05) is 60.1 Å². The summed E-state index contributed by atoms with van der Waals surface area (Å²) in [5.74, 6) is -0.0212. The minimum Gasteiger partial charge on any atom is -0.352 e. The summed E-state index contributed by atoms with van der Waals surface area (Å²) < 4.78 is 0. The predicted octanol–water partition coefficient (Wildman–Crippen LogP) is 3.76. The smallest absolute Gasteiger partial charge is 0.312 e. The number of nitrogens with one attached hydrogen (secondary N) is 1. The van der Waals surface area contributed by atoms with Crippen molar-refractivity contribution in [3.8, 4) is 0 Å². The van der Waals surface area contributed by atoms with Gasteiger partial charge < -0.3 is 16.0 Å². The van der Waals surface area contributed by atoms with Gasteiger partial charge in [0, 0.05) is 18.1 Å². The van der Waals surface area contributed by atoms with Crippen LogP contribution in [0.15, 0.2) is 60.7 Å². The van der Waals surface area contributed by atoms with Crippen LogP contribution in [0.4, 0.5) is 4.79 Å². The monoisotopic (exact) mass is 383 g/mol. The molecule has 2 aromatic rings. The maximum absolute atomic E-state index is 12.8. The van der Waals surface area contributed by atoms with Gasteiger partial charge in [0.05, 0.1) is 12.5 Å². The summed E-state index contributed by atoms with van der Waals surface area (Å²) in [6.07, 6.45) is 3.05. The Morgan fingerprint density at radius 3 is 2.41 bits per heavy atom. The topological polar surface area (TPSA) is 75.4 Å². The van der Waals surface area contributed by atoms with Crippen LogP contribution in [0.1, 0.15) is 30.0 Å². The second kappa shape index (κ2) is 8.73. The molecule has 0 saturated carbocycles. The van der Waals surface area contributed by atoms with Gasteiger partial charge in [-0.05, 0) is 35.3 Å². The number of nitrogens with zero attached hydrogens (tertiary/aromatic N) is 1. The van der Waals surface area contributed by atoms with E-state index in [1.54, 1.807) is 29.2 Å². The Bertz CT molecular complexity index is 834. The van der Waals surface area contributed by atoms with Crippen molar-refractivity contribution >= 4 is 29.1 Å². The van der Waals surface area contributed by atoms with E-state index in [1.165, 1.54) is 11.1 Å². The zero-order valence-electron chi connectivity index (χ0n) is 14.9. The van der Waals surface area contributed by atoms with Crippen LogP contribution in [0.2, 0.25) is 5.02 Å². The minimum absolute atomic E-state index is 0.0212. The predicted molar refractivity (Wildman–Crippen MR) is 107 cm³/mol. The molecule has 1 aliphatic rings. The lowest BCUT2D eigenvalue weighted by atomic mass is 9.98. The Labute approximate surface area is 163 Å². The highest BCUT2D eigenvalue weighted by Gasteiger charge is 2.23. The Morgan fingerprint density at radius 2 is 1.81 bits per heavy atom. The first-order chi connectivity index (χ1) is 13.0. The molecule has 6 heteroatoms. The highest BCUT2D eigenvalue weighted by molar-refractivity contribution is 6.30. The number of carbonyl (C=O) groups is 2. The molecule has 0 aliphatic carbocycles. The van der Waals surface area contributed by atoms with Crippen molar-refractivity contribution in [3.05, 3.63) is 76.8 Å². The Morgan fingerprint density at radius 1 is 1.11 bits per heavy atom. The van der Waals surface area contributed by atoms with E-state index < -0.39 is 12.1 Å². The van der Waals surface area contributed by atoms with E-state index in [0.29, 0.717) is 18.1 Å². The van der Waals surface area contributed by atoms with Crippen LogP contribution in [-0.2, 0) is 4.79 Å². The van der Waals surface area contributed by atoms with Gasteiger partial charge in [-0.2, -0.15) is 0 Å². The second-order valence-electron chi connectivity index (χ2n) is 6.50. The molecule has 140 valence electrons. The van der Waals surface area contributed by atoms with Crippen LogP contribution in [0.3, 0.4) is 0 Å². The van der Waals surface area contributed by atoms with Crippen molar-refractivity contribution in [1.82, 2.24) is 10.2 Å². The van der Waals surface area contributed by atoms with E-state index in [9.17, 15) is 9.59 Å². The van der Waals surface area contributed by atoms with Gasteiger partial charge in [0.2, 0.25) is 5.91 Å². The first-order valence-electron chi connectivity index (χ1n) is 8.86. The SMILES string of the molecule is NC(=O)N[C@H](CC(=O)N1CC=C(c2ccccc2)CC1)c1ccc(Cl)cc1. The molecule has 0 spiro atoms. The van der Waals surface area contributed by atoms with E-state index in [4.69, 9.17) is 17.3 Å². The van der Waals surface area contributed by atoms with Crippen LogP contribution in [0.25, 0.3) is 5.57 Å². The molecule has 3 rings (SSSR count). The van der Waals surface area contributed by atoms with Crippen LogP contribution in [0.5, 0.6) is 0 Å². The molecule has 5 nitrogen and oxygen atoms in total. The third-order valence-electron chi connectivity index (χ3n) is 4.67. The van der Waals surface area contributed by atoms with Gasteiger partial charge in [0.15, 0.2) is 0 Å². The van der Waals surface area contributed by atoms with Crippen LogP contribution in [-0.4, -0.2) is 29.9 Å². The largest absolute Gasteiger partial charge is 0.352 e. The summed E-state index contributed by atoms with van der Waals surface area (Å²) in [5, 5.41) is 3.25. The third-order valence-corrected chi connectivity index (χ3v) is 4.93. The normalized spacial score (nSPS) is 15.0. The fourth-order valence-electron chi connectivity index (χ4n) is 3.23. The maximum Gasteiger partial charge on any atom is 0.312 e. The Hall–Kier alpha value is -2.79. The van der Waals surface area contributed by atoms with Crippen molar-refractivity contribution in [2.45, 2.75) is 18.9 Å². The van der Waals surface area contributed by atoms with Gasteiger partial charge in [-0.15, -0.1) is 0 Å². The lowest BCUT2D eigenvalue weighted by Crippen LogP contribution is -2.39. The summed E-state index contributed by atoms with van der Waals surface area (Å²) in [6, 6.07) is 16.1. The van der Waals surface area contributed by atoms with Crippen molar-refractivity contribution < 1.29 is 9.59 Å². The first kappa shape index (κ1) is 19.0. The summed E-state index contributed by atoms with van der Waals surface area (Å²) in [5.41, 5.74) is 8.53. The molecule has 1 heterocycles. The molecule has 27 heavy (non-hydrogen) atoms. The molecule has 0 radical (unpaired) electrons. The van der Waals surface area contributed by atoms with E-state index >= 15 is 0 Å². The zero-order valence-corrected chi connectivity index (χ0v) is 15.7. The third kappa shape index (κ3) is 5.11. The average molecular weight is 384 g/mol. The Kier molecular flexibility index (Phi) is 6.14. The number of hydrogen-bond acceptors (Lipinski definition) is 2. The fraction of sp³-hybridized carbons (Fsp3) is 0.238.